The molecule has 1 fully saturated rings. The monoisotopic (exact) mass is 287 g/mol. The van der Waals surface area contributed by atoms with Gasteiger partial charge in [-0.1, -0.05) is 24.0 Å². The average Bonchev–Trinajstić information content (AvgIpc) is 2.54. The summed E-state index contributed by atoms with van der Waals surface area (Å²) in [5.41, 5.74) is 2.15. The van der Waals surface area contributed by atoms with Gasteiger partial charge in [-0.15, -0.1) is 0 Å². The fraction of sp³-hybridized carbons (Fsp3) is 0.471. The zero-order valence-electron chi connectivity index (χ0n) is 12.3. The molecule has 112 valence electrons. The molecule has 0 bridgehead atoms. The Hall–Kier alpha value is -1.83. The molecule has 0 amide bonds. The summed E-state index contributed by atoms with van der Waals surface area (Å²) in [5, 5.41) is 8.66. The van der Waals surface area contributed by atoms with Crippen LogP contribution in [0.15, 0.2) is 24.3 Å². The minimum absolute atomic E-state index is 0.0578. The zero-order valence-corrected chi connectivity index (χ0v) is 12.3. The Balaban J connectivity index is 1.84. The molecule has 0 radical (unpaired) electrons. The fourth-order valence-electron chi connectivity index (χ4n) is 2.59. The normalized spacial score (nSPS) is 16.1. The van der Waals surface area contributed by atoms with E-state index in [1.807, 2.05) is 12.1 Å². The minimum Gasteiger partial charge on any atom is -0.469 e. The summed E-state index contributed by atoms with van der Waals surface area (Å²) in [6.07, 6.45) is 1.74. The van der Waals surface area contributed by atoms with Crippen molar-refractivity contribution in [3.8, 4) is 11.8 Å². The molecule has 0 saturated carbocycles. The number of nitrogens with zero attached hydrogens (tertiary/aromatic N) is 1. The van der Waals surface area contributed by atoms with Crippen LogP contribution in [-0.2, 0) is 16.1 Å². The molecular formula is C17H21NO3. The van der Waals surface area contributed by atoms with Gasteiger partial charge in [-0.2, -0.15) is 0 Å². The lowest BCUT2D eigenvalue weighted by molar-refractivity contribution is -0.147. The molecule has 1 aliphatic rings. The van der Waals surface area contributed by atoms with E-state index in [9.17, 15) is 4.79 Å². The molecular weight excluding hydrogens is 266 g/mol. The summed E-state index contributed by atoms with van der Waals surface area (Å²) in [7, 11) is 1.45. The SMILES string of the molecule is COC(=O)C1CCN(Cc2ccc(C#CCO)cc2)CC1. The van der Waals surface area contributed by atoms with Gasteiger partial charge in [-0.05, 0) is 43.6 Å². The third kappa shape index (κ3) is 4.59. The van der Waals surface area contributed by atoms with Crippen molar-refractivity contribution in [1.82, 2.24) is 4.90 Å². The van der Waals surface area contributed by atoms with E-state index in [2.05, 4.69) is 28.9 Å². The molecule has 21 heavy (non-hydrogen) atoms. The number of carbonyl (C=O) groups is 1. The van der Waals surface area contributed by atoms with Gasteiger partial charge in [0.15, 0.2) is 0 Å². The van der Waals surface area contributed by atoms with Gasteiger partial charge >= 0.3 is 5.97 Å². The largest absolute Gasteiger partial charge is 0.469 e. The number of aliphatic hydroxyl groups excluding tert-OH is 1. The Morgan fingerprint density at radius 2 is 2.00 bits per heavy atom. The van der Waals surface area contributed by atoms with E-state index >= 15 is 0 Å². The van der Waals surface area contributed by atoms with Crippen LogP contribution in [0.3, 0.4) is 0 Å². The molecule has 0 unspecified atom stereocenters. The van der Waals surface area contributed by atoms with Crippen LogP contribution in [0.1, 0.15) is 24.0 Å². The summed E-state index contributed by atoms with van der Waals surface area (Å²) in [6.45, 7) is 2.62. The molecule has 0 aliphatic carbocycles. The van der Waals surface area contributed by atoms with Crippen molar-refractivity contribution in [2.75, 3.05) is 26.8 Å². The number of hydrogen-bond acceptors (Lipinski definition) is 4. The number of likely N-dealkylation sites (tertiary alicyclic amines) is 1. The molecule has 1 N–H and O–H groups in total. The fourth-order valence-corrected chi connectivity index (χ4v) is 2.59. The first-order valence-electron chi connectivity index (χ1n) is 7.22. The molecule has 0 aromatic heterocycles. The Bertz CT molecular complexity index is 519. The molecule has 0 atom stereocenters. The van der Waals surface area contributed by atoms with Crippen LogP contribution in [-0.4, -0.2) is 42.8 Å². The summed E-state index contributed by atoms with van der Waals surface area (Å²) in [5.74, 6) is 5.50. The lowest BCUT2D eigenvalue weighted by Gasteiger charge is -2.30. The van der Waals surface area contributed by atoms with E-state index in [1.54, 1.807) is 0 Å². The van der Waals surface area contributed by atoms with Gasteiger partial charge in [0.1, 0.15) is 6.61 Å². The molecule has 0 spiro atoms. The van der Waals surface area contributed by atoms with Crippen molar-refractivity contribution in [3.05, 3.63) is 35.4 Å². The summed E-state index contributed by atoms with van der Waals surface area (Å²) in [6, 6.07) is 8.07. The third-order valence-corrected chi connectivity index (χ3v) is 3.79. The van der Waals surface area contributed by atoms with Crippen LogP contribution in [0, 0.1) is 17.8 Å². The Kier molecular flexibility index (Phi) is 5.79. The maximum Gasteiger partial charge on any atom is 0.308 e. The number of aliphatic hydroxyl groups is 1. The van der Waals surface area contributed by atoms with Crippen LogP contribution in [0.5, 0.6) is 0 Å². The van der Waals surface area contributed by atoms with Crippen molar-refractivity contribution in [3.63, 3.8) is 0 Å². The Morgan fingerprint density at radius 1 is 1.33 bits per heavy atom. The maximum absolute atomic E-state index is 11.5. The average molecular weight is 287 g/mol. The number of hydrogen-bond donors (Lipinski definition) is 1. The smallest absolute Gasteiger partial charge is 0.308 e. The molecule has 4 heteroatoms. The molecule has 2 rings (SSSR count). The maximum atomic E-state index is 11.5. The summed E-state index contributed by atoms with van der Waals surface area (Å²) < 4.78 is 4.80. The van der Waals surface area contributed by atoms with Crippen molar-refractivity contribution in [2.24, 2.45) is 5.92 Å². The van der Waals surface area contributed by atoms with E-state index in [0.717, 1.165) is 38.0 Å². The first-order chi connectivity index (χ1) is 10.2. The van der Waals surface area contributed by atoms with Crippen LogP contribution in [0.25, 0.3) is 0 Å². The van der Waals surface area contributed by atoms with Crippen LogP contribution in [0.2, 0.25) is 0 Å². The standard InChI is InChI=1S/C17H21NO3/c1-21-17(20)16-8-10-18(11-9-16)13-15-6-4-14(5-7-15)3-2-12-19/h4-7,16,19H,8-13H2,1H3. The van der Waals surface area contributed by atoms with Gasteiger partial charge in [0.2, 0.25) is 0 Å². The highest BCUT2D eigenvalue weighted by molar-refractivity contribution is 5.72. The molecule has 1 aromatic rings. The van der Waals surface area contributed by atoms with Gasteiger partial charge in [0.25, 0.3) is 0 Å². The van der Waals surface area contributed by atoms with E-state index in [0.29, 0.717) is 0 Å². The van der Waals surface area contributed by atoms with Crippen molar-refractivity contribution in [2.45, 2.75) is 19.4 Å². The highest BCUT2D eigenvalue weighted by atomic mass is 16.5. The van der Waals surface area contributed by atoms with Crippen LogP contribution < -0.4 is 0 Å². The lowest BCUT2D eigenvalue weighted by atomic mass is 9.96. The number of benzene rings is 1. The van der Waals surface area contributed by atoms with E-state index < -0.39 is 0 Å². The number of piperidine rings is 1. The third-order valence-electron chi connectivity index (χ3n) is 3.79. The second kappa shape index (κ2) is 7.82. The summed E-state index contributed by atoms with van der Waals surface area (Å²) in [4.78, 5) is 13.8. The molecule has 1 heterocycles. The topological polar surface area (TPSA) is 49.8 Å². The van der Waals surface area contributed by atoms with Gasteiger partial charge in [-0.25, -0.2) is 0 Å². The Labute approximate surface area is 125 Å². The number of ether oxygens (including phenoxy) is 1. The van der Waals surface area contributed by atoms with E-state index in [1.165, 1.54) is 12.7 Å². The highest BCUT2D eigenvalue weighted by Crippen LogP contribution is 2.20. The van der Waals surface area contributed by atoms with Crippen LogP contribution >= 0.6 is 0 Å². The van der Waals surface area contributed by atoms with Crippen LogP contribution in [0.4, 0.5) is 0 Å². The first kappa shape index (κ1) is 15.6. The number of carbonyl (C=O) groups excluding carboxylic acids is 1. The van der Waals surface area contributed by atoms with Crippen molar-refractivity contribution >= 4 is 5.97 Å². The predicted molar refractivity (Wildman–Crippen MR) is 80.4 cm³/mol. The van der Waals surface area contributed by atoms with Crippen molar-refractivity contribution < 1.29 is 14.6 Å². The first-order valence-corrected chi connectivity index (χ1v) is 7.22. The highest BCUT2D eigenvalue weighted by Gasteiger charge is 2.25. The van der Waals surface area contributed by atoms with E-state index in [-0.39, 0.29) is 18.5 Å². The van der Waals surface area contributed by atoms with Gasteiger partial charge < -0.3 is 9.84 Å². The zero-order chi connectivity index (χ0) is 15.1. The number of esters is 1. The lowest BCUT2D eigenvalue weighted by Crippen LogP contribution is -2.36. The van der Waals surface area contributed by atoms with Gasteiger partial charge in [0.05, 0.1) is 13.0 Å². The summed E-state index contributed by atoms with van der Waals surface area (Å²) >= 11 is 0. The van der Waals surface area contributed by atoms with Gasteiger partial charge in [-0.3, -0.25) is 9.69 Å². The molecule has 1 aromatic carbocycles. The molecule has 1 saturated heterocycles. The van der Waals surface area contributed by atoms with Gasteiger partial charge in [0, 0.05) is 12.1 Å². The molecule has 1 aliphatic heterocycles. The minimum atomic E-state index is -0.114. The second-order valence-corrected chi connectivity index (χ2v) is 5.23. The Morgan fingerprint density at radius 3 is 2.57 bits per heavy atom. The quantitative estimate of drug-likeness (QED) is 0.675. The number of rotatable bonds is 3. The number of methoxy groups -OCH3 is 1. The van der Waals surface area contributed by atoms with E-state index in [4.69, 9.17) is 9.84 Å². The molecule has 4 nitrogen and oxygen atoms in total. The predicted octanol–water partition coefficient (Wildman–Crippen LogP) is 1.42. The second-order valence-electron chi connectivity index (χ2n) is 5.23. The van der Waals surface area contributed by atoms with Crippen molar-refractivity contribution in [1.29, 1.82) is 0 Å².